The lowest BCUT2D eigenvalue weighted by molar-refractivity contribution is 0.0451. The van der Waals surface area contributed by atoms with Gasteiger partial charge in [-0.25, -0.2) is 9.97 Å². The van der Waals surface area contributed by atoms with Gasteiger partial charge >= 0.3 is 0 Å². The lowest BCUT2D eigenvalue weighted by Crippen LogP contribution is -2.56. The van der Waals surface area contributed by atoms with E-state index >= 15 is 0 Å². The van der Waals surface area contributed by atoms with E-state index in [1.807, 2.05) is 60.6 Å². The predicted octanol–water partition coefficient (Wildman–Crippen LogP) is 4.40. The summed E-state index contributed by atoms with van der Waals surface area (Å²) in [6.45, 7) is 8.95. The van der Waals surface area contributed by atoms with Crippen LogP contribution in [-0.2, 0) is 0 Å². The maximum atomic E-state index is 13.4. The molecular formula is C24H25N5O2S2. The highest BCUT2D eigenvalue weighted by molar-refractivity contribution is 7.15. The predicted molar refractivity (Wildman–Crippen MR) is 131 cm³/mol. The van der Waals surface area contributed by atoms with Gasteiger partial charge in [0.15, 0.2) is 10.7 Å². The molecule has 9 heteroatoms. The molecule has 5 rings (SSSR count). The van der Waals surface area contributed by atoms with Gasteiger partial charge in [0, 0.05) is 24.2 Å². The third-order valence-corrected chi connectivity index (χ3v) is 8.06. The molecule has 0 spiro atoms. The Balaban J connectivity index is 1.30. The van der Waals surface area contributed by atoms with E-state index in [1.54, 1.807) is 11.3 Å². The lowest BCUT2D eigenvalue weighted by Gasteiger charge is -2.40. The summed E-state index contributed by atoms with van der Waals surface area (Å²) in [5, 5.41) is 5.88. The second-order valence-electron chi connectivity index (χ2n) is 8.47. The Hall–Kier alpha value is -3.04. The SMILES string of the molecule is Cc1cccc(-c2sc(C)nc2C(=O)N2CC[C@H]2CNC(=O)c2nc3scc(C)n3c2C)c1. The summed E-state index contributed by atoms with van der Waals surface area (Å²) in [6, 6.07) is 8.10. The molecule has 1 saturated heterocycles. The summed E-state index contributed by atoms with van der Waals surface area (Å²) in [6.07, 6.45) is 0.852. The minimum atomic E-state index is -0.202. The van der Waals surface area contributed by atoms with Gasteiger partial charge in [-0.1, -0.05) is 29.8 Å². The molecule has 170 valence electrons. The zero-order valence-corrected chi connectivity index (χ0v) is 20.6. The van der Waals surface area contributed by atoms with Gasteiger partial charge in [-0.3, -0.25) is 14.0 Å². The largest absolute Gasteiger partial charge is 0.349 e. The number of carbonyl (C=O) groups is 2. The Morgan fingerprint density at radius 2 is 1.97 bits per heavy atom. The van der Waals surface area contributed by atoms with Crippen molar-refractivity contribution in [1.82, 2.24) is 24.6 Å². The Kier molecular flexibility index (Phi) is 5.54. The van der Waals surface area contributed by atoms with Crippen LogP contribution in [0.15, 0.2) is 29.6 Å². The number of amides is 2. The van der Waals surface area contributed by atoms with Crippen LogP contribution in [0.1, 0.15) is 49.4 Å². The van der Waals surface area contributed by atoms with Gasteiger partial charge < -0.3 is 10.2 Å². The Bertz CT molecular complexity index is 1380. The fraction of sp³-hybridized carbons (Fsp3) is 0.333. The smallest absolute Gasteiger partial charge is 0.274 e. The molecule has 1 atom stereocenters. The first-order valence-corrected chi connectivity index (χ1v) is 12.6. The van der Waals surface area contributed by atoms with Crippen LogP contribution in [0.5, 0.6) is 0 Å². The number of fused-ring (bicyclic) bond motifs is 1. The molecule has 4 aromatic rings. The maximum absolute atomic E-state index is 13.4. The van der Waals surface area contributed by atoms with Crippen molar-refractivity contribution in [2.24, 2.45) is 0 Å². The summed E-state index contributed by atoms with van der Waals surface area (Å²) in [5.74, 6) is -0.275. The van der Waals surface area contributed by atoms with Crippen molar-refractivity contribution in [3.63, 3.8) is 0 Å². The molecule has 0 aliphatic carbocycles. The number of aryl methyl sites for hydroxylation is 4. The standard InChI is InChI=1S/C24H25N5O2S2/c1-13-6-5-7-17(10-13)21-20(26-16(4)33-21)23(31)28-9-8-18(28)11-25-22(30)19-15(3)29-14(2)12-32-24(29)27-19/h5-7,10,12,18H,8-9,11H2,1-4H3,(H,25,30)/t18-/m0/s1. The normalized spacial score (nSPS) is 15.6. The molecule has 1 N–H and O–H groups in total. The van der Waals surface area contributed by atoms with Crippen molar-refractivity contribution < 1.29 is 9.59 Å². The fourth-order valence-electron chi connectivity index (χ4n) is 4.28. The third-order valence-electron chi connectivity index (χ3n) is 6.10. The Labute approximate surface area is 200 Å². The van der Waals surface area contributed by atoms with E-state index in [0.717, 1.165) is 43.8 Å². The number of hydrogen-bond donors (Lipinski definition) is 1. The summed E-state index contributed by atoms with van der Waals surface area (Å²) in [7, 11) is 0. The van der Waals surface area contributed by atoms with E-state index in [1.165, 1.54) is 11.3 Å². The van der Waals surface area contributed by atoms with E-state index in [2.05, 4.69) is 21.4 Å². The van der Waals surface area contributed by atoms with Gasteiger partial charge in [0.1, 0.15) is 5.69 Å². The van der Waals surface area contributed by atoms with E-state index in [-0.39, 0.29) is 17.9 Å². The zero-order valence-electron chi connectivity index (χ0n) is 19.0. The van der Waals surface area contributed by atoms with Crippen LogP contribution in [-0.4, -0.2) is 50.2 Å². The number of hydrogen-bond acceptors (Lipinski definition) is 6. The summed E-state index contributed by atoms with van der Waals surface area (Å²) < 4.78 is 2.00. The maximum Gasteiger partial charge on any atom is 0.274 e. The van der Waals surface area contributed by atoms with Crippen LogP contribution in [0, 0.1) is 27.7 Å². The van der Waals surface area contributed by atoms with Crippen LogP contribution < -0.4 is 5.32 Å². The zero-order chi connectivity index (χ0) is 23.3. The van der Waals surface area contributed by atoms with Crippen molar-refractivity contribution in [2.75, 3.05) is 13.1 Å². The molecule has 0 unspecified atom stereocenters. The van der Waals surface area contributed by atoms with Gasteiger partial charge in [-0.05, 0) is 39.7 Å². The number of carbonyl (C=O) groups excluding carboxylic acids is 2. The number of benzene rings is 1. The van der Waals surface area contributed by atoms with Crippen LogP contribution in [0.25, 0.3) is 15.4 Å². The first-order valence-electron chi connectivity index (χ1n) is 10.9. The molecule has 1 fully saturated rings. The molecule has 3 aromatic heterocycles. The Morgan fingerprint density at radius 1 is 1.15 bits per heavy atom. The van der Waals surface area contributed by atoms with Gasteiger partial charge in [0.05, 0.1) is 21.6 Å². The monoisotopic (exact) mass is 479 g/mol. The number of thiazole rings is 2. The number of imidazole rings is 1. The van der Waals surface area contributed by atoms with Gasteiger partial charge in [0.25, 0.3) is 11.8 Å². The fourth-order valence-corrected chi connectivity index (χ4v) is 6.10. The van der Waals surface area contributed by atoms with Crippen LogP contribution in [0.2, 0.25) is 0 Å². The number of likely N-dealkylation sites (tertiary alicyclic amines) is 1. The minimum Gasteiger partial charge on any atom is -0.349 e. The highest BCUT2D eigenvalue weighted by atomic mass is 32.1. The molecule has 0 saturated carbocycles. The lowest BCUT2D eigenvalue weighted by atomic mass is 10.0. The summed E-state index contributed by atoms with van der Waals surface area (Å²) in [5.41, 5.74) is 5.01. The third kappa shape index (κ3) is 3.85. The van der Waals surface area contributed by atoms with Crippen molar-refractivity contribution in [1.29, 1.82) is 0 Å². The van der Waals surface area contributed by atoms with Crippen LogP contribution >= 0.6 is 22.7 Å². The van der Waals surface area contributed by atoms with Crippen molar-refractivity contribution in [2.45, 2.75) is 40.2 Å². The number of nitrogens with zero attached hydrogens (tertiary/aromatic N) is 4. The second kappa shape index (κ2) is 8.39. The second-order valence-corrected chi connectivity index (χ2v) is 10.5. The molecule has 0 radical (unpaired) electrons. The molecule has 4 heterocycles. The summed E-state index contributed by atoms with van der Waals surface area (Å²) >= 11 is 3.06. The topological polar surface area (TPSA) is 79.6 Å². The first-order chi connectivity index (χ1) is 15.8. The molecule has 1 aliphatic rings. The molecule has 0 bridgehead atoms. The molecule has 7 nitrogen and oxygen atoms in total. The van der Waals surface area contributed by atoms with Crippen molar-refractivity contribution in [3.8, 4) is 10.4 Å². The van der Waals surface area contributed by atoms with Crippen molar-refractivity contribution in [3.05, 3.63) is 63.0 Å². The van der Waals surface area contributed by atoms with Gasteiger partial charge in [-0.15, -0.1) is 22.7 Å². The molecule has 1 aliphatic heterocycles. The highest BCUT2D eigenvalue weighted by Gasteiger charge is 2.35. The minimum absolute atomic E-state index is 0.0420. The molecule has 2 amide bonds. The average molecular weight is 480 g/mol. The van der Waals surface area contributed by atoms with Crippen LogP contribution in [0.4, 0.5) is 0 Å². The van der Waals surface area contributed by atoms with Gasteiger partial charge in [-0.2, -0.15) is 0 Å². The van der Waals surface area contributed by atoms with Crippen molar-refractivity contribution >= 4 is 39.4 Å². The average Bonchev–Trinajstić information content (AvgIpc) is 3.42. The number of nitrogens with one attached hydrogen (secondary N) is 1. The first kappa shape index (κ1) is 21.8. The van der Waals surface area contributed by atoms with E-state index < -0.39 is 0 Å². The molecule has 33 heavy (non-hydrogen) atoms. The number of aromatic nitrogens is 3. The number of rotatable bonds is 5. The van der Waals surface area contributed by atoms with Gasteiger partial charge in [0.2, 0.25) is 0 Å². The quantitative estimate of drug-likeness (QED) is 0.460. The van der Waals surface area contributed by atoms with E-state index in [9.17, 15) is 9.59 Å². The molecular weight excluding hydrogens is 454 g/mol. The molecule has 1 aromatic carbocycles. The van der Waals surface area contributed by atoms with Crippen LogP contribution in [0.3, 0.4) is 0 Å². The highest BCUT2D eigenvalue weighted by Crippen LogP contribution is 2.33. The van der Waals surface area contributed by atoms with E-state index in [0.29, 0.717) is 24.5 Å². The Morgan fingerprint density at radius 3 is 2.67 bits per heavy atom. The van der Waals surface area contributed by atoms with E-state index in [4.69, 9.17) is 0 Å². The summed E-state index contributed by atoms with van der Waals surface area (Å²) in [4.78, 5) is 38.8.